The van der Waals surface area contributed by atoms with Gasteiger partial charge in [-0.1, -0.05) is 22.0 Å². The third-order valence-corrected chi connectivity index (χ3v) is 3.26. The quantitative estimate of drug-likeness (QED) is 0.846. The van der Waals surface area contributed by atoms with Gasteiger partial charge in [-0.15, -0.1) is 0 Å². The van der Waals surface area contributed by atoms with Crippen LogP contribution in [0.15, 0.2) is 28.7 Å². The summed E-state index contributed by atoms with van der Waals surface area (Å²) in [7, 11) is 0. The van der Waals surface area contributed by atoms with Gasteiger partial charge in [-0.3, -0.25) is 4.79 Å². The number of carbonyl (C=O) groups excluding carboxylic acids is 1. The number of likely N-dealkylation sites (tertiary alicyclic amines) is 1. The number of aliphatic hydroxyl groups excluding tert-OH is 2. The molecule has 1 aromatic rings. The molecular weight excluding hydrogens is 302 g/mol. The average molecular weight is 316 g/mol. The molecule has 0 aliphatic carbocycles. The van der Waals surface area contributed by atoms with Gasteiger partial charge in [0.15, 0.2) is 6.61 Å². The highest BCUT2D eigenvalue weighted by atomic mass is 79.9. The third-order valence-electron chi connectivity index (χ3n) is 2.77. The number of amides is 1. The topological polar surface area (TPSA) is 70.0 Å². The maximum Gasteiger partial charge on any atom is 0.260 e. The Morgan fingerprint density at radius 3 is 2.67 bits per heavy atom. The first-order valence-electron chi connectivity index (χ1n) is 5.58. The number of hydrogen-bond donors (Lipinski definition) is 2. The van der Waals surface area contributed by atoms with E-state index >= 15 is 0 Å². The van der Waals surface area contributed by atoms with Crippen molar-refractivity contribution in [1.82, 2.24) is 4.90 Å². The van der Waals surface area contributed by atoms with Crippen molar-refractivity contribution < 1.29 is 19.7 Å². The van der Waals surface area contributed by atoms with Gasteiger partial charge < -0.3 is 19.8 Å². The summed E-state index contributed by atoms with van der Waals surface area (Å²) in [5, 5.41) is 18.7. The molecule has 1 aliphatic rings. The van der Waals surface area contributed by atoms with Crippen molar-refractivity contribution in [2.45, 2.75) is 12.2 Å². The summed E-state index contributed by atoms with van der Waals surface area (Å²) in [6.07, 6.45) is -1.72. The van der Waals surface area contributed by atoms with Crippen molar-refractivity contribution in [3.63, 3.8) is 0 Å². The zero-order valence-corrected chi connectivity index (χ0v) is 11.2. The molecule has 1 fully saturated rings. The van der Waals surface area contributed by atoms with E-state index in [1.807, 2.05) is 12.1 Å². The lowest BCUT2D eigenvalue weighted by Gasteiger charge is -2.15. The first-order valence-corrected chi connectivity index (χ1v) is 6.38. The Morgan fingerprint density at radius 2 is 2.06 bits per heavy atom. The summed E-state index contributed by atoms with van der Waals surface area (Å²) in [6.45, 7) is 0.208. The molecule has 0 unspecified atom stereocenters. The molecule has 1 heterocycles. The molecule has 98 valence electrons. The van der Waals surface area contributed by atoms with Crippen LogP contribution in [-0.2, 0) is 4.79 Å². The molecule has 2 N–H and O–H groups in total. The molecule has 0 aromatic heterocycles. The van der Waals surface area contributed by atoms with E-state index in [0.29, 0.717) is 5.75 Å². The van der Waals surface area contributed by atoms with E-state index in [0.717, 1.165) is 4.47 Å². The second kappa shape index (κ2) is 5.69. The van der Waals surface area contributed by atoms with Gasteiger partial charge in [0, 0.05) is 17.6 Å². The van der Waals surface area contributed by atoms with Crippen LogP contribution >= 0.6 is 15.9 Å². The molecule has 6 heteroatoms. The van der Waals surface area contributed by atoms with Gasteiger partial charge in [-0.25, -0.2) is 0 Å². The van der Waals surface area contributed by atoms with E-state index in [1.54, 1.807) is 12.1 Å². The van der Waals surface area contributed by atoms with Crippen molar-refractivity contribution in [3.8, 4) is 5.75 Å². The molecule has 1 amide bonds. The zero-order chi connectivity index (χ0) is 13.1. The summed E-state index contributed by atoms with van der Waals surface area (Å²) in [5.41, 5.74) is 0. The van der Waals surface area contributed by atoms with Crippen LogP contribution < -0.4 is 4.74 Å². The number of benzene rings is 1. The van der Waals surface area contributed by atoms with Crippen LogP contribution in [0.3, 0.4) is 0 Å². The molecule has 1 saturated heterocycles. The lowest BCUT2D eigenvalue weighted by atomic mass is 10.3. The van der Waals surface area contributed by atoms with Gasteiger partial charge in [0.2, 0.25) is 0 Å². The molecular formula is C12H14BrNO4. The van der Waals surface area contributed by atoms with Crippen molar-refractivity contribution in [1.29, 1.82) is 0 Å². The van der Waals surface area contributed by atoms with Crippen molar-refractivity contribution >= 4 is 21.8 Å². The number of halogens is 1. The third kappa shape index (κ3) is 3.22. The Labute approximate surface area is 113 Å². The zero-order valence-electron chi connectivity index (χ0n) is 9.62. The monoisotopic (exact) mass is 315 g/mol. The van der Waals surface area contributed by atoms with Crippen LogP contribution in [-0.4, -0.2) is 52.9 Å². The van der Waals surface area contributed by atoms with E-state index in [-0.39, 0.29) is 25.6 Å². The summed E-state index contributed by atoms with van der Waals surface area (Å²) >= 11 is 3.31. The van der Waals surface area contributed by atoms with E-state index < -0.39 is 12.2 Å². The second-order valence-electron chi connectivity index (χ2n) is 4.18. The molecule has 1 aliphatic heterocycles. The SMILES string of the molecule is O=C(COc1cccc(Br)c1)N1C[C@@H](O)[C@@H](O)C1. The van der Waals surface area contributed by atoms with E-state index in [4.69, 9.17) is 4.74 Å². The van der Waals surface area contributed by atoms with Gasteiger partial charge in [-0.2, -0.15) is 0 Å². The molecule has 0 saturated carbocycles. The number of aliphatic hydroxyl groups is 2. The average Bonchev–Trinajstić information content (AvgIpc) is 2.67. The van der Waals surface area contributed by atoms with Crippen molar-refractivity contribution in [2.75, 3.05) is 19.7 Å². The van der Waals surface area contributed by atoms with Crippen LogP contribution in [0.5, 0.6) is 5.75 Å². The first-order chi connectivity index (χ1) is 8.56. The lowest BCUT2D eigenvalue weighted by molar-refractivity contribution is -0.132. The summed E-state index contributed by atoms with van der Waals surface area (Å²) < 4.78 is 6.22. The minimum Gasteiger partial charge on any atom is -0.484 e. The summed E-state index contributed by atoms with van der Waals surface area (Å²) in [5.74, 6) is 0.351. The van der Waals surface area contributed by atoms with Crippen LogP contribution in [0.1, 0.15) is 0 Å². The fourth-order valence-corrected chi connectivity index (χ4v) is 2.14. The maximum atomic E-state index is 11.8. The first kappa shape index (κ1) is 13.3. The van der Waals surface area contributed by atoms with E-state index in [9.17, 15) is 15.0 Å². The smallest absolute Gasteiger partial charge is 0.260 e. The van der Waals surface area contributed by atoms with Crippen LogP contribution in [0.2, 0.25) is 0 Å². The van der Waals surface area contributed by atoms with Gasteiger partial charge in [0.25, 0.3) is 5.91 Å². The Hall–Kier alpha value is -1.11. The standard InChI is InChI=1S/C12H14BrNO4/c13-8-2-1-3-9(4-8)18-7-12(17)14-5-10(15)11(16)6-14/h1-4,10-11,15-16H,5-7H2/t10-,11+. The van der Waals surface area contributed by atoms with Crippen molar-refractivity contribution in [3.05, 3.63) is 28.7 Å². The highest BCUT2D eigenvalue weighted by Crippen LogP contribution is 2.18. The normalized spacial score (nSPS) is 23.2. The molecule has 2 rings (SSSR count). The van der Waals surface area contributed by atoms with Gasteiger partial charge >= 0.3 is 0 Å². The highest BCUT2D eigenvalue weighted by Gasteiger charge is 2.32. The molecule has 0 bridgehead atoms. The lowest BCUT2D eigenvalue weighted by Crippen LogP contribution is -2.33. The molecule has 0 spiro atoms. The summed E-state index contributed by atoms with van der Waals surface area (Å²) in [6, 6.07) is 7.20. The van der Waals surface area contributed by atoms with Crippen LogP contribution in [0, 0.1) is 0 Å². The molecule has 2 atom stereocenters. The van der Waals surface area contributed by atoms with Crippen molar-refractivity contribution in [2.24, 2.45) is 0 Å². The molecule has 0 radical (unpaired) electrons. The largest absolute Gasteiger partial charge is 0.484 e. The van der Waals surface area contributed by atoms with Crippen LogP contribution in [0.25, 0.3) is 0 Å². The van der Waals surface area contributed by atoms with Gasteiger partial charge in [-0.05, 0) is 18.2 Å². The second-order valence-corrected chi connectivity index (χ2v) is 5.10. The number of nitrogens with zero attached hydrogens (tertiary/aromatic N) is 1. The number of carbonyl (C=O) groups is 1. The maximum absolute atomic E-state index is 11.8. The Bertz CT molecular complexity index is 430. The number of rotatable bonds is 3. The number of hydrogen-bond acceptors (Lipinski definition) is 4. The van der Waals surface area contributed by atoms with Crippen LogP contribution in [0.4, 0.5) is 0 Å². The highest BCUT2D eigenvalue weighted by molar-refractivity contribution is 9.10. The number of β-amino-alcohol motifs (C(OH)–C–C–N with tert-alkyl or cyclic N) is 2. The Balaban J connectivity index is 1.85. The van der Waals surface area contributed by atoms with E-state index in [1.165, 1.54) is 4.90 Å². The minimum absolute atomic E-state index is 0.101. The Morgan fingerprint density at radius 1 is 1.39 bits per heavy atom. The van der Waals surface area contributed by atoms with E-state index in [2.05, 4.69) is 15.9 Å². The summed E-state index contributed by atoms with van der Waals surface area (Å²) in [4.78, 5) is 13.2. The fraction of sp³-hybridized carbons (Fsp3) is 0.417. The van der Waals surface area contributed by atoms with Gasteiger partial charge in [0.1, 0.15) is 5.75 Å². The fourth-order valence-electron chi connectivity index (χ4n) is 1.77. The Kier molecular flexibility index (Phi) is 4.21. The molecule has 5 nitrogen and oxygen atoms in total. The predicted octanol–water partition coefficient (Wildman–Crippen LogP) is 0.392. The predicted molar refractivity (Wildman–Crippen MR) is 68.2 cm³/mol. The minimum atomic E-state index is -0.861. The molecule has 18 heavy (non-hydrogen) atoms. The molecule has 1 aromatic carbocycles. The van der Waals surface area contributed by atoms with Gasteiger partial charge in [0.05, 0.1) is 12.2 Å². The number of ether oxygens (including phenoxy) is 1.